The average molecular weight is 207 g/mol. The lowest BCUT2D eigenvalue weighted by Gasteiger charge is -2.15. The second kappa shape index (κ2) is 3.86. The van der Waals surface area contributed by atoms with Crippen LogP contribution >= 0.6 is 0 Å². The van der Waals surface area contributed by atoms with Crippen LogP contribution in [0.15, 0.2) is 18.2 Å². The van der Waals surface area contributed by atoms with Crippen molar-refractivity contribution in [3.63, 3.8) is 0 Å². The first-order valence-corrected chi connectivity index (χ1v) is 4.86. The predicted molar refractivity (Wildman–Crippen MR) is 56.8 cm³/mol. The molecule has 1 amide bonds. The Morgan fingerprint density at radius 1 is 1.60 bits per heavy atom. The quantitative estimate of drug-likeness (QED) is 0.728. The van der Waals surface area contributed by atoms with E-state index in [-0.39, 0.29) is 5.91 Å². The molecule has 1 aliphatic heterocycles. The molecule has 1 fully saturated rings. The Kier molecular flexibility index (Phi) is 2.55. The molecule has 1 atom stereocenters. The Balaban J connectivity index is 2.26. The summed E-state index contributed by atoms with van der Waals surface area (Å²) in [4.78, 5) is 17.3. The van der Waals surface area contributed by atoms with Gasteiger partial charge in [0, 0.05) is 20.0 Å². The molecule has 1 aliphatic rings. The van der Waals surface area contributed by atoms with E-state index < -0.39 is 6.10 Å². The number of amides is 1. The first-order valence-electron chi connectivity index (χ1n) is 4.86. The summed E-state index contributed by atoms with van der Waals surface area (Å²) in [6, 6.07) is 5.41. The van der Waals surface area contributed by atoms with E-state index in [4.69, 9.17) is 0 Å². The Labute approximate surface area is 87.7 Å². The molecule has 15 heavy (non-hydrogen) atoms. The van der Waals surface area contributed by atoms with Crippen molar-refractivity contribution < 1.29 is 9.90 Å². The van der Waals surface area contributed by atoms with Crippen LogP contribution in [0.5, 0.6) is 0 Å². The number of aromatic nitrogens is 1. The molecule has 0 saturated carbocycles. The molecule has 1 unspecified atom stereocenters. The minimum atomic E-state index is -0.870. The van der Waals surface area contributed by atoms with Crippen LogP contribution in [0, 0.1) is 0 Å². The van der Waals surface area contributed by atoms with E-state index in [9.17, 15) is 9.90 Å². The van der Waals surface area contributed by atoms with Crippen molar-refractivity contribution in [1.82, 2.24) is 4.98 Å². The van der Waals surface area contributed by atoms with E-state index in [1.807, 2.05) is 12.1 Å². The fourth-order valence-corrected chi connectivity index (χ4v) is 1.61. The normalized spacial score (nSPS) is 20.8. The van der Waals surface area contributed by atoms with E-state index in [1.54, 1.807) is 13.1 Å². The number of carbonyl (C=O) groups excluding carboxylic acids is 1. The van der Waals surface area contributed by atoms with Gasteiger partial charge in [0.15, 0.2) is 0 Å². The lowest BCUT2D eigenvalue weighted by atomic mass is 10.3. The molecule has 5 heteroatoms. The molecule has 0 aliphatic carbocycles. The summed E-state index contributed by atoms with van der Waals surface area (Å²) < 4.78 is 0. The zero-order valence-corrected chi connectivity index (χ0v) is 8.47. The van der Waals surface area contributed by atoms with Crippen LogP contribution in [0.4, 0.5) is 11.6 Å². The fraction of sp³-hybridized carbons (Fsp3) is 0.400. The molecule has 1 aromatic heterocycles. The van der Waals surface area contributed by atoms with Crippen molar-refractivity contribution in [2.24, 2.45) is 0 Å². The molecule has 0 radical (unpaired) electrons. The topological polar surface area (TPSA) is 65.5 Å². The van der Waals surface area contributed by atoms with Gasteiger partial charge in [-0.05, 0) is 12.1 Å². The standard InChI is InChI=1S/C10H13N3O2/c1-11-8-3-2-4-9(12-8)13-6-5-7(14)10(13)15/h2-4,7,14H,5-6H2,1H3,(H,11,12). The van der Waals surface area contributed by atoms with Gasteiger partial charge in [-0.15, -0.1) is 0 Å². The largest absolute Gasteiger partial charge is 0.383 e. The third-order valence-electron chi connectivity index (χ3n) is 2.44. The number of hydrogen-bond acceptors (Lipinski definition) is 4. The van der Waals surface area contributed by atoms with Crippen molar-refractivity contribution in [3.05, 3.63) is 18.2 Å². The molecule has 0 aromatic carbocycles. The highest BCUT2D eigenvalue weighted by atomic mass is 16.3. The molecule has 2 heterocycles. The van der Waals surface area contributed by atoms with Gasteiger partial charge in [0.1, 0.15) is 17.7 Å². The van der Waals surface area contributed by atoms with Crippen LogP contribution in [0.3, 0.4) is 0 Å². The summed E-state index contributed by atoms with van der Waals surface area (Å²) in [6.07, 6.45) is -0.394. The third-order valence-corrected chi connectivity index (χ3v) is 2.44. The minimum Gasteiger partial charge on any atom is -0.383 e. The van der Waals surface area contributed by atoms with Gasteiger partial charge in [-0.2, -0.15) is 0 Å². The lowest BCUT2D eigenvalue weighted by molar-refractivity contribution is -0.124. The van der Waals surface area contributed by atoms with E-state index in [0.717, 1.165) is 0 Å². The molecule has 80 valence electrons. The van der Waals surface area contributed by atoms with E-state index in [0.29, 0.717) is 24.6 Å². The molecule has 2 rings (SSSR count). The predicted octanol–water partition coefficient (Wildman–Crippen LogP) is 0.221. The molecule has 0 bridgehead atoms. The van der Waals surface area contributed by atoms with Gasteiger partial charge in [-0.25, -0.2) is 4.98 Å². The number of nitrogens with zero attached hydrogens (tertiary/aromatic N) is 2. The van der Waals surface area contributed by atoms with Crippen LogP contribution in [0.2, 0.25) is 0 Å². The number of pyridine rings is 1. The first-order chi connectivity index (χ1) is 7.22. The van der Waals surface area contributed by atoms with E-state index >= 15 is 0 Å². The summed E-state index contributed by atoms with van der Waals surface area (Å²) in [5, 5.41) is 12.2. The SMILES string of the molecule is CNc1cccc(N2CCC(O)C2=O)n1. The lowest BCUT2D eigenvalue weighted by Crippen LogP contribution is -2.29. The van der Waals surface area contributed by atoms with Crippen LogP contribution in [-0.4, -0.2) is 35.7 Å². The highest BCUT2D eigenvalue weighted by Crippen LogP contribution is 2.20. The molecule has 0 spiro atoms. The van der Waals surface area contributed by atoms with Gasteiger partial charge >= 0.3 is 0 Å². The van der Waals surface area contributed by atoms with Crippen molar-refractivity contribution in [1.29, 1.82) is 0 Å². The smallest absolute Gasteiger partial charge is 0.257 e. The van der Waals surface area contributed by atoms with Crippen LogP contribution in [0.25, 0.3) is 0 Å². The monoisotopic (exact) mass is 207 g/mol. The summed E-state index contributed by atoms with van der Waals surface area (Å²) in [5.74, 6) is 1.03. The van der Waals surface area contributed by atoms with Gasteiger partial charge in [0.25, 0.3) is 5.91 Å². The maximum atomic E-state index is 11.5. The summed E-state index contributed by atoms with van der Waals surface area (Å²) in [6.45, 7) is 0.528. The number of aliphatic hydroxyl groups excluding tert-OH is 1. The summed E-state index contributed by atoms with van der Waals surface area (Å²) in [7, 11) is 1.77. The molecular weight excluding hydrogens is 194 g/mol. The van der Waals surface area contributed by atoms with Crippen molar-refractivity contribution >= 4 is 17.5 Å². The number of carbonyl (C=O) groups is 1. The number of aliphatic hydroxyl groups is 1. The maximum Gasteiger partial charge on any atom is 0.257 e. The van der Waals surface area contributed by atoms with Crippen molar-refractivity contribution in [3.8, 4) is 0 Å². The second-order valence-corrected chi connectivity index (χ2v) is 3.43. The number of rotatable bonds is 2. The highest BCUT2D eigenvalue weighted by molar-refractivity contribution is 5.97. The van der Waals surface area contributed by atoms with Gasteiger partial charge in [0.05, 0.1) is 0 Å². The number of nitrogens with one attached hydrogen (secondary N) is 1. The van der Waals surface area contributed by atoms with Gasteiger partial charge in [-0.1, -0.05) is 6.07 Å². The second-order valence-electron chi connectivity index (χ2n) is 3.43. The number of anilines is 2. The van der Waals surface area contributed by atoms with Crippen LogP contribution in [-0.2, 0) is 4.79 Å². The zero-order valence-electron chi connectivity index (χ0n) is 8.47. The number of hydrogen-bond donors (Lipinski definition) is 2. The van der Waals surface area contributed by atoms with Gasteiger partial charge < -0.3 is 10.4 Å². The first kappa shape index (κ1) is 9.92. The zero-order chi connectivity index (χ0) is 10.8. The summed E-state index contributed by atoms with van der Waals surface area (Å²) >= 11 is 0. The Hall–Kier alpha value is -1.62. The third kappa shape index (κ3) is 1.78. The Morgan fingerprint density at radius 3 is 3.00 bits per heavy atom. The maximum absolute atomic E-state index is 11.5. The van der Waals surface area contributed by atoms with Crippen LogP contribution in [0.1, 0.15) is 6.42 Å². The molecule has 1 aromatic rings. The van der Waals surface area contributed by atoms with Gasteiger partial charge in [0.2, 0.25) is 0 Å². The average Bonchev–Trinajstić information content (AvgIpc) is 2.60. The van der Waals surface area contributed by atoms with E-state index in [1.165, 1.54) is 4.90 Å². The van der Waals surface area contributed by atoms with Crippen molar-refractivity contribution in [2.75, 3.05) is 23.8 Å². The molecule has 1 saturated heterocycles. The van der Waals surface area contributed by atoms with E-state index in [2.05, 4.69) is 10.3 Å². The Morgan fingerprint density at radius 2 is 2.40 bits per heavy atom. The molecular formula is C10H13N3O2. The van der Waals surface area contributed by atoms with Crippen molar-refractivity contribution in [2.45, 2.75) is 12.5 Å². The Bertz CT molecular complexity index is 381. The molecule has 5 nitrogen and oxygen atoms in total. The minimum absolute atomic E-state index is 0.268. The fourth-order valence-electron chi connectivity index (χ4n) is 1.61. The van der Waals surface area contributed by atoms with Gasteiger partial charge in [-0.3, -0.25) is 9.69 Å². The highest BCUT2D eigenvalue weighted by Gasteiger charge is 2.31. The molecule has 2 N–H and O–H groups in total. The van der Waals surface area contributed by atoms with Crippen LogP contribution < -0.4 is 10.2 Å². The summed E-state index contributed by atoms with van der Waals surface area (Å²) in [5.41, 5.74) is 0.